The molecule has 0 aliphatic carbocycles. The van der Waals surface area contributed by atoms with Crippen molar-refractivity contribution < 1.29 is 0 Å². The molecule has 0 radical (unpaired) electrons. The highest BCUT2D eigenvalue weighted by Gasteiger charge is 2.22. The molecule has 18 heavy (non-hydrogen) atoms. The Morgan fingerprint density at radius 1 is 1.28 bits per heavy atom. The average Bonchev–Trinajstić information content (AvgIpc) is 2.47. The SMILES string of the molecule is NC(c1ccc2c(c1)CCCS2)C1CCCCN1. The molecule has 2 atom stereocenters. The molecule has 3 heteroatoms. The average molecular weight is 262 g/mol. The molecule has 2 aliphatic heterocycles. The van der Waals surface area contributed by atoms with Gasteiger partial charge in [0.25, 0.3) is 0 Å². The normalized spacial score (nSPS) is 25.5. The van der Waals surface area contributed by atoms with E-state index in [1.807, 2.05) is 11.8 Å². The summed E-state index contributed by atoms with van der Waals surface area (Å²) in [4.78, 5) is 1.47. The summed E-state index contributed by atoms with van der Waals surface area (Å²) in [7, 11) is 0. The van der Waals surface area contributed by atoms with Crippen molar-refractivity contribution in [1.82, 2.24) is 5.32 Å². The van der Waals surface area contributed by atoms with Gasteiger partial charge in [0.1, 0.15) is 0 Å². The number of benzene rings is 1. The maximum absolute atomic E-state index is 6.43. The lowest BCUT2D eigenvalue weighted by Gasteiger charge is -2.30. The van der Waals surface area contributed by atoms with E-state index in [1.165, 1.54) is 53.9 Å². The molecule has 2 heterocycles. The number of nitrogens with one attached hydrogen (secondary N) is 1. The molecule has 0 spiro atoms. The van der Waals surface area contributed by atoms with Crippen LogP contribution in [0.25, 0.3) is 0 Å². The zero-order valence-corrected chi connectivity index (χ0v) is 11.6. The first-order valence-corrected chi connectivity index (χ1v) is 8.08. The number of rotatable bonds is 2. The lowest BCUT2D eigenvalue weighted by Crippen LogP contribution is -2.42. The highest BCUT2D eigenvalue weighted by atomic mass is 32.2. The lowest BCUT2D eigenvalue weighted by molar-refractivity contribution is 0.353. The maximum atomic E-state index is 6.43. The zero-order valence-electron chi connectivity index (χ0n) is 10.8. The summed E-state index contributed by atoms with van der Waals surface area (Å²) in [5, 5.41) is 3.57. The van der Waals surface area contributed by atoms with Crippen molar-refractivity contribution in [3.8, 4) is 0 Å². The lowest BCUT2D eigenvalue weighted by atomic mass is 9.92. The van der Waals surface area contributed by atoms with Crippen LogP contribution in [0.2, 0.25) is 0 Å². The van der Waals surface area contributed by atoms with E-state index in [-0.39, 0.29) is 6.04 Å². The zero-order chi connectivity index (χ0) is 12.4. The van der Waals surface area contributed by atoms with Crippen LogP contribution in [0.4, 0.5) is 0 Å². The molecular formula is C15H22N2S. The minimum absolute atomic E-state index is 0.155. The summed E-state index contributed by atoms with van der Waals surface area (Å²) in [5.41, 5.74) is 9.26. The second-order valence-electron chi connectivity index (χ2n) is 5.40. The Kier molecular flexibility index (Phi) is 3.92. The van der Waals surface area contributed by atoms with Crippen molar-refractivity contribution in [2.75, 3.05) is 12.3 Å². The molecule has 1 aromatic rings. The standard InChI is InChI=1S/C15H22N2S/c16-15(13-5-1-2-8-17-13)12-6-7-14-11(10-12)4-3-9-18-14/h6-7,10,13,15,17H,1-5,8-9,16H2. The van der Waals surface area contributed by atoms with Gasteiger partial charge >= 0.3 is 0 Å². The highest BCUT2D eigenvalue weighted by Crippen LogP contribution is 2.32. The quantitative estimate of drug-likeness (QED) is 0.860. The Balaban J connectivity index is 1.78. The van der Waals surface area contributed by atoms with Crippen LogP contribution in [0.5, 0.6) is 0 Å². The Morgan fingerprint density at radius 3 is 3.06 bits per heavy atom. The van der Waals surface area contributed by atoms with Gasteiger partial charge in [0.2, 0.25) is 0 Å². The molecule has 0 amide bonds. The van der Waals surface area contributed by atoms with Crippen molar-refractivity contribution >= 4 is 11.8 Å². The molecule has 3 rings (SSSR count). The molecule has 2 nitrogen and oxygen atoms in total. The van der Waals surface area contributed by atoms with E-state index in [2.05, 4.69) is 23.5 Å². The van der Waals surface area contributed by atoms with Gasteiger partial charge in [-0.1, -0.05) is 18.6 Å². The molecule has 2 unspecified atom stereocenters. The van der Waals surface area contributed by atoms with E-state index in [4.69, 9.17) is 5.73 Å². The molecule has 1 aromatic carbocycles. The molecular weight excluding hydrogens is 240 g/mol. The first kappa shape index (κ1) is 12.5. The molecule has 1 fully saturated rings. The first-order chi connectivity index (χ1) is 8.84. The van der Waals surface area contributed by atoms with Crippen molar-refractivity contribution in [2.45, 2.75) is 49.1 Å². The van der Waals surface area contributed by atoms with Crippen molar-refractivity contribution in [1.29, 1.82) is 0 Å². The fourth-order valence-electron chi connectivity index (χ4n) is 3.01. The molecule has 2 aliphatic rings. The molecule has 98 valence electrons. The van der Waals surface area contributed by atoms with Gasteiger partial charge in [-0.3, -0.25) is 0 Å². The second-order valence-corrected chi connectivity index (χ2v) is 6.54. The van der Waals surface area contributed by atoms with Gasteiger partial charge in [-0.2, -0.15) is 0 Å². The molecule has 0 aromatic heterocycles. The fourth-order valence-corrected chi connectivity index (χ4v) is 4.02. The number of fused-ring (bicyclic) bond motifs is 1. The summed E-state index contributed by atoms with van der Waals surface area (Å²) in [6, 6.07) is 7.48. The van der Waals surface area contributed by atoms with E-state index < -0.39 is 0 Å². The molecule has 1 saturated heterocycles. The van der Waals surface area contributed by atoms with Crippen molar-refractivity contribution in [3.63, 3.8) is 0 Å². The van der Waals surface area contributed by atoms with Gasteiger partial charge in [-0.25, -0.2) is 0 Å². The highest BCUT2D eigenvalue weighted by molar-refractivity contribution is 7.99. The second kappa shape index (κ2) is 5.64. The van der Waals surface area contributed by atoms with E-state index in [0.29, 0.717) is 6.04 Å². The van der Waals surface area contributed by atoms with Gasteiger partial charge in [0, 0.05) is 17.0 Å². The van der Waals surface area contributed by atoms with Gasteiger partial charge in [0.15, 0.2) is 0 Å². The van der Waals surface area contributed by atoms with E-state index in [9.17, 15) is 0 Å². The summed E-state index contributed by atoms with van der Waals surface area (Å²) in [6.07, 6.45) is 6.35. The Hall–Kier alpha value is -0.510. The van der Waals surface area contributed by atoms with Gasteiger partial charge in [-0.05, 0) is 55.2 Å². The summed E-state index contributed by atoms with van der Waals surface area (Å²) in [6.45, 7) is 1.12. The maximum Gasteiger partial charge on any atom is 0.0450 e. The third-order valence-electron chi connectivity index (χ3n) is 4.10. The van der Waals surface area contributed by atoms with Gasteiger partial charge < -0.3 is 11.1 Å². The number of nitrogens with two attached hydrogens (primary N) is 1. The van der Waals surface area contributed by atoms with E-state index >= 15 is 0 Å². The number of thioether (sulfide) groups is 1. The van der Waals surface area contributed by atoms with Crippen molar-refractivity contribution in [3.05, 3.63) is 29.3 Å². The van der Waals surface area contributed by atoms with Crippen LogP contribution in [0.15, 0.2) is 23.1 Å². The Morgan fingerprint density at radius 2 is 2.22 bits per heavy atom. The number of aryl methyl sites for hydroxylation is 1. The van der Waals surface area contributed by atoms with Crippen LogP contribution >= 0.6 is 11.8 Å². The fraction of sp³-hybridized carbons (Fsp3) is 0.600. The smallest absolute Gasteiger partial charge is 0.0450 e. The van der Waals surface area contributed by atoms with Crippen LogP contribution in [0.3, 0.4) is 0 Å². The number of hydrogen-bond acceptors (Lipinski definition) is 3. The van der Waals surface area contributed by atoms with Gasteiger partial charge in [0.05, 0.1) is 0 Å². The summed E-state index contributed by atoms with van der Waals surface area (Å²) < 4.78 is 0. The minimum atomic E-state index is 0.155. The Bertz CT molecular complexity index is 413. The first-order valence-electron chi connectivity index (χ1n) is 7.09. The predicted octanol–water partition coefficient (Wildman–Crippen LogP) is 2.87. The summed E-state index contributed by atoms with van der Waals surface area (Å²) >= 11 is 1.99. The van der Waals surface area contributed by atoms with Gasteiger partial charge in [-0.15, -0.1) is 11.8 Å². The largest absolute Gasteiger partial charge is 0.323 e. The number of hydrogen-bond donors (Lipinski definition) is 2. The van der Waals surface area contributed by atoms with Crippen molar-refractivity contribution in [2.24, 2.45) is 5.73 Å². The van der Waals surface area contributed by atoms with E-state index in [1.54, 1.807) is 0 Å². The Labute approximate surface area is 114 Å². The summed E-state index contributed by atoms with van der Waals surface area (Å²) in [5.74, 6) is 1.27. The topological polar surface area (TPSA) is 38.0 Å². The van der Waals surface area contributed by atoms with Crippen LogP contribution in [-0.4, -0.2) is 18.3 Å². The van der Waals surface area contributed by atoms with Crippen LogP contribution in [-0.2, 0) is 6.42 Å². The molecule has 0 bridgehead atoms. The monoisotopic (exact) mass is 262 g/mol. The molecule has 0 saturated carbocycles. The van der Waals surface area contributed by atoms with Crippen LogP contribution in [0.1, 0.15) is 42.9 Å². The predicted molar refractivity (Wildman–Crippen MR) is 78.1 cm³/mol. The third kappa shape index (κ3) is 2.58. The number of piperidine rings is 1. The molecule has 3 N–H and O–H groups in total. The third-order valence-corrected chi connectivity index (χ3v) is 5.30. The van der Waals surface area contributed by atoms with E-state index in [0.717, 1.165) is 6.54 Å². The van der Waals surface area contributed by atoms with Crippen LogP contribution in [0, 0.1) is 0 Å². The minimum Gasteiger partial charge on any atom is -0.323 e. The van der Waals surface area contributed by atoms with Crippen LogP contribution < -0.4 is 11.1 Å².